The van der Waals surface area contributed by atoms with Gasteiger partial charge in [0.05, 0.1) is 10.6 Å². The van der Waals surface area contributed by atoms with Crippen molar-refractivity contribution in [3.8, 4) is 0 Å². The molecule has 2 amide bonds. The number of rotatable bonds is 12. The van der Waals surface area contributed by atoms with E-state index in [-0.39, 0.29) is 23.4 Å². The molecule has 7 nitrogen and oxygen atoms in total. The van der Waals surface area contributed by atoms with Gasteiger partial charge >= 0.3 is 0 Å². The van der Waals surface area contributed by atoms with Crippen molar-refractivity contribution in [3.63, 3.8) is 0 Å². The van der Waals surface area contributed by atoms with E-state index in [4.69, 9.17) is 23.2 Å². The molecule has 0 radical (unpaired) electrons. The molecule has 1 N–H and O–H groups in total. The summed E-state index contributed by atoms with van der Waals surface area (Å²) in [5.74, 6) is -0.844. The average Bonchev–Trinajstić information content (AvgIpc) is 2.93. The predicted octanol–water partition coefficient (Wildman–Crippen LogP) is 6.22. The van der Waals surface area contributed by atoms with Gasteiger partial charge in [-0.25, -0.2) is 8.42 Å². The molecule has 10 heteroatoms. The lowest BCUT2D eigenvalue weighted by atomic mass is 10.1. The van der Waals surface area contributed by atoms with E-state index in [1.165, 1.54) is 29.2 Å². The Labute approximate surface area is 247 Å². The predicted molar refractivity (Wildman–Crippen MR) is 161 cm³/mol. The fourth-order valence-electron chi connectivity index (χ4n) is 4.14. The third-order valence-corrected chi connectivity index (χ3v) is 9.10. The highest BCUT2D eigenvalue weighted by molar-refractivity contribution is 7.92. The molecule has 0 saturated carbocycles. The molecule has 0 bridgehead atoms. The van der Waals surface area contributed by atoms with Crippen LogP contribution in [0, 0.1) is 6.92 Å². The maximum absolute atomic E-state index is 14.1. The van der Waals surface area contributed by atoms with Crippen LogP contribution in [-0.2, 0) is 26.2 Å². The van der Waals surface area contributed by atoms with E-state index in [9.17, 15) is 18.0 Å². The van der Waals surface area contributed by atoms with Crippen LogP contribution in [0.15, 0.2) is 77.7 Å². The van der Waals surface area contributed by atoms with E-state index in [0.29, 0.717) is 27.7 Å². The summed E-state index contributed by atoms with van der Waals surface area (Å²) in [6.07, 6.45) is 1.05. The van der Waals surface area contributed by atoms with Crippen molar-refractivity contribution in [2.45, 2.75) is 64.1 Å². The molecule has 3 aromatic carbocycles. The summed E-state index contributed by atoms with van der Waals surface area (Å²) in [5.41, 5.74) is 1.91. The van der Waals surface area contributed by atoms with Crippen molar-refractivity contribution in [1.82, 2.24) is 10.2 Å². The molecule has 0 fully saturated rings. The molecule has 0 spiro atoms. The average molecular weight is 605 g/mol. The SMILES string of the molecule is CC[C@H](C)NC(=O)[C@H](CC)N(Cc1ccccc1Cl)C(=O)CN(c1ccc(C)cc1)S(=O)(=O)c1ccc(Cl)cc1. The maximum atomic E-state index is 14.1. The largest absolute Gasteiger partial charge is 0.352 e. The molecule has 0 unspecified atom stereocenters. The minimum Gasteiger partial charge on any atom is -0.352 e. The number of sulfonamides is 1. The van der Waals surface area contributed by atoms with Gasteiger partial charge < -0.3 is 10.2 Å². The number of carbonyl (C=O) groups excluding carboxylic acids is 2. The Morgan fingerprint density at radius 3 is 2.10 bits per heavy atom. The Kier molecular flexibility index (Phi) is 11.0. The number of carbonyl (C=O) groups is 2. The summed E-state index contributed by atoms with van der Waals surface area (Å²) >= 11 is 12.4. The molecule has 3 aromatic rings. The molecule has 0 saturated heterocycles. The lowest BCUT2D eigenvalue weighted by molar-refractivity contribution is -0.140. The summed E-state index contributed by atoms with van der Waals surface area (Å²) < 4.78 is 28.8. The summed E-state index contributed by atoms with van der Waals surface area (Å²) in [7, 11) is -4.17. The van der Waals surface area contributed by atoms with Gasteiger partial charge in [-0.1, -0.05) is 72.9 Å². The summed E-state index contributed by atoms with van der Waals surface area (Å²) in [6.45, 7) is 7.07. The van der Waals surface area contributed by atoms with E-state index >= 15 is 0 Å². The van der Waals surface area contributed by atoms with E-state index in [2.05, 4.69) is 5.32 Å². The minimum absolute atomic E-state index is 0.00974. The standard InChI is InChI=1S/C30H35Cl2N3O4S/c1-5-22(4)33-30(37)28(6-2)34(19-23-9-7-8-10-27(23)32)29(36)20-35(25-15-11-21(3)12-16-25)40(38,39)26-17-13-24(31)14-18-26/h7-18,22,28H,5-6,19-20H2,1-4H3,(H,33,37)/t22-,28-/m0/s1. The molecule has 0 aliphatic heterocycles. The lowest BCUT2D eigenvalue weighted by Gasteiger charge is -2.34. The number of benzene rings is 3. The minimum atomic E-state index is -4.17. The molecule has 0 aliphatic rings. The van der Waals surface area contributed by atoms with Crippen LogP contribution < -0.4 is 9.62 Å². The second kappa shape index (κ2) is 14.0. The molecule has 0 aromatic heterocycles. The monoisotopic (exact) mass is 603 g/mol. The highest BCUT2D eigenvalue weighted by Crippen LogP contribution is 2.27. The van der Waals surface area contributed by atoms with Crippen LogP contribution in [-0.4, -0.2) is 43.8 Å². The van der Waals surface area contributed by atoms with Crippen LogP contribution in [0.4, 0.5) is 5.69 Å². The third-order valence-electron chi connectivity index (χ3n) is 6.69. The first-order valence-electron chi connectivity index (χ1n) is 13.2. The van der Waals surface area contributed by atoms with E-state index in [1.807, 2.05) is 27.7 Å². The molecule has 0 heterocycles. The van der Waals surface area contributed by atoms with Gasteiger partial charge in [0, 0.05) is 22.6 Å². The van der Waals surface area contributed by atoms with E-state index < -0.39 is 28.5 Å². The number of aryl methyl sites for hydroxylation is 1. The first kappa shape index (κ1) is 31.5. The maximum Gasteiger partial charge on any atom is 0.264 e. The number of nitrogens with zero attached hydrogens (tertiary/aromatic N) is 2. The number of hydrogen-bond acceptors (Lipinski definition) is 4. The van der Waals surface area contributed by atoms with Crippen LogP contribution in [0.2, 0.25) is 10.0 Å². The molecule has 2 atom stereocenters. The van der Waals surface area contributed by atoms with Gasteiger partial charge in [0.25, 0.3) is 10.0 Å². The quantitative estimate of drug-likeness (QED) is 0.266. The van der Waals surface area contributed by atoms with Crippen LogP contribution in [0.3, 0.4) is 0 Å². The van der Waals surface area contributed by atoms with E-state index in [0.717, 1.165) is 16.3 Å². The van der Waals surface area contributed by atoms with Crippen LogP contribution in [0.1, 0.15) is 44.7 Å². The number of hydrogen-bond donors (Lipinski definition) is 1. The van der Waals surface area contributed by atoms with Crippen LogP contribution >= 0.6 is 23.2 Å². The van der Waals surface area contributed by atoms with Gasteiger partial charge in [-0.3, -0.25) is 13.9 Å². The van der Waals surface area contributed by atoms with Crippen LogP contribution in [0.5, 0.6) is 0 Å². The molecular formula is C30H35Cl2N3O4S. The van der Waals surface area contributed by atoms with Crippen molar-refractivity contribution < 1.29 is 18.0 Å². The van der Waals surface area contributed by atoms with Gasteiger partial charge in [0.2, 0.25) is 11.8 Å². The molecule has 3 rings (SSSR count). The van der Waals surface area contributed by atoms with Crippen LogP contribution in [0.25, 0.3) is 0 Å². The third kappa shape index (κ3) is 7.77. The summed E-state index contributed by atoms with van der Waals surface area (Å²) in [6, 6.07) is 18.8. The summed E-state index contributed by atoms with van der Waals surface area (Å²) in [5, 5.41) is 3.79. The number of anilines is 1. The van der Waals surface area contributed by atoms with Crippen molar-refractivity contribution in [1.29, 1.82) is 0 Å². The normalized spacial score (nSPS) is 12.8. The fourth-order valence-corrected chi connectivity index (χ4v) is 5.88. The Morgan fingerprint density at radius 1 is 0.900 bits per heavy atom. The van der Waals surface area contributed by atoms with Crippen molar-refractivity contribution >= 4 is 50.7 Å². The van der Waals surface area contributed by atoms with Gasteiger partial charge in [-0.05, 0) is 74.7 Å². The Hall–Kier alpha value is -3.07. The zero-order valence-electron chi connectivity index (χ0n) is 23.1. The zero-order chi connectivity index (χ0) is 29.4. The van der Waals surface area contributed by atoms with Gasteiger partial charge in [0.15, 0.2) is 0 Å². The Bertz CT molecular complexity index is 1410. The first-order valence-corrected chi connectivity index (χ1v) is 15.4. The molecule has 0 aliphatic carbocycles. The van der Waals surface area contributed by atoms with Gasteiger partial charge in [-0.2, -0.15) is 0 Å². The Balaban J connectivity index is 2.06. The second-order valence-corrected chi connectivity index (χ2v) is 12.4. The summed E-state index contributed by atoms with van der Waals surface area (Å²) in [4.78, 5) is 28.8. The second-order valence-electron chi connectivity index (χ2n) is 9.66. The number of amides is 2. The molecule has 214 valence electrons. The highest BCUT2D eigenvalue weighted by atomic mass is 35.5. The van der Waals surface area contributed by atoms with Gasteiger partial charge in [-0.15, -0.1) is 0 Å². The smallest absolute Gasteiger partial charge is 0.264 e. The molecular weight excluding hydrogens is 569 g/mol. The van der Waals surface area contributed by atoms with Crippen molar-refractivity contribution in [3.05, 3.63) is 94.0 Å². The topological polar surface area (TPSA) is 86.8 Å². The zero-order valence-corrected chi connectivity index (χ0v) is 25.4. The van der Waals surface area contributed by atoms with E-state index in [1.54, 1.807) is 48.5 Å². The van der Waals surface area contributed by atoms with Crippen molar-refractivity contribution in [2.75, 3.05) is 10.8 Å². The fraction of sp³-hybridized carbons (Fsp3) is 0.333. The lowest BCUT2D eigenvalue weighted by Crippen LogP contribution is -2.53. The number of halogens is 2. The Morgan fingerprint density at radius 2 is 1.52 bits per heavy atom. The van der Waals surface area contributed by atoms with Crippen molar-refractivity contribution in [2.24, 2.45) is 0 Å². The molecule has 40 heavy (non-hydrogen) atoms. The van der Waals surface area contributed by atoms with Gasteiger partial charge in [0.1, 0.15) is 12.6 Å². The first-order chi connectivity index (χ1) is 19.0. The highest BCUT2D eigenvalue weighted by Gasteiger charge is 2.34. The number of nitrogens with one attached hydrogen (secondary N) is 1.